The quantitative estimate of drug-likeness (QED) is 0.808. The predicted molar refractivity (Wildman–Crippen MR) is 100 cm³/mol. The van der Waals surface area contributed by atoms with Gasteiger partial charge in [0, 0.05) is 5.56 Å². The second kappa shape index (κ2) is 6.68. The molecule has 1 amide bonds. The Balaban J connectivity index is 1.51. The second-order valence-electron chi connectivity index (χ2n) is 5.88. The number of para-hydroxylation sites is 1. The van der Waals surface area contributed by atoms with Crippen LogP contribution in [0, 0.1) is 0 Å². The van der Waals surface area contributed by atoms with Gasteiger partial charge < -0.3 is 10.5 Å². The van der Waals surface area contributed by atoms with Crippen LogP contribution in [0.2, 0.25) is 5.02 Å². The van der Waals surface area contributed by atoms with Crippen molar-refractivity contribution in [1.29, 1.82) is 0 Å². The molecule has 8 heteroatoms. The minimum Gasteiger partial charge on any atom is -0.485 e. The number of amidine groups is 1. The Morgan fingerprint density at radius 3 is 2.81 bits per heavy atom. The zero-order chi connectivity index (χ0) is 18.1. The van der Waals surface area contributed by atoms with E-state index in [1.165, 1.54) is 5.01 Å². The standard InChI is InChI=1S/C18H16ClN5O2/c19-13-7-4-8-14(16(13)20)26-10-12-9-15(25)24-18(21-12)22-17(23-24)11-5-2-1-3-6-11/h1-8,18H,9-10,20H2,(H,22,23). The number of anilines is 1. The van der Waals surface area contributed by atoms with Crippen molar-refractivity contribution in [2.45, 2.75) is 12.7 Å². The Bertz CT molecular complexity index is 913. The molecular formula is C18H16ClN5O2. The molecule has 0 spiro atoms. The van der Waals surface area contributed by atoms with E-state index in [2.05, 4.69) is 15.4 Å². The van der Waals surface area contributed by atoms with Crippen LogP contribution in [0.3, 0.4) is 0 Å². The summed E-state index contributed by atoms with van der Waals surface area (Å²) in [6, 6.07) is 14.8. The summed E-state index contributed by atoms with van der Waals surface area (Å²) in [5.74, 6) is 0.972. The molecule has 3 N–H and O–H groups in total. The molecule has 0 aromatic heterocycles. The van der Waals surface area contributed by atoms with E-state index in [1.54, 1.807) is 18.2 Å². The summed E-state index contributed by atoms with van der Waals surface area (Å²) in [5, 5.41) is 1.85. The molecule has 26 heavy (non-hydrogen) atoms. The number of rotatable bonds is 4. The van der Waals surface area contributed by atoms with Gasteiger partial charge in [0.25, 0.3) is 0 Å². The number of fused-ring (bicyclic) bond motifs is 1. The number of nitrogens with one attached hydrogen (secondary N) is 1. The number of nitrogen functional groups attached to an aromatic ring is 1. The van der Waals surface area contributed by atoms with E-state index in [1.807, 2.05) is 30.3 Å². The number of aliphatic imine (C=N–C) groups is 2. The van der Waals surface area contributed by atoms with Gasteiger partial charge in [-0.3, -0.25) is 10.2 Å². The molecule has 2 aliphatic rings. The van der Waals surface area contributed by atoms with Crippen molar-refractivity contribution in [3.63, 3.8) is 0 Å². The van der Waals surface area contributed by atoms with Crippen molar-refractivity contribution >= 4 is 34.7 Å². The number of carbonyl (C=O) groups is 1. The normalized spacial score (nSPS) is 18.7. The number of ether oxygens (including phenoxy) is 1. The molecule has 4 rings (SSSR count). The fourth-order valence-corrected chi connectivity index (χ4v) is 2.91. The van der Waals surface area contributed by atoms with Gasteiger partial charge in [0.2, 0.25) is 12.2 Å². The van der Waals surface area contributed by atoms with Crippen LogP contribution in [-0.2, 0) is 4.79 Å². The molecular weight excluding hydrogens is 354 g/mol. The molecule has 132 valence electrons. The van der Waals surface area contributed by atoms with Crippen molar-refractivity contribution < 1.29 is 9.53 Å². The Labute approximate surface area is 155 Å². The van der Waals surface area contributed by atoms with Crippen molar-refractivity contribution in [3.05, 3.63) is 59.1 Å². The zero-order valence-electron chi connectivity index (χ0n) is 13.7. The summed E-state index contributed by atoms with van der Waals surface area (Å²) < 4.78 is 5.69. The lowest BCUT2D eigenvalue weighted by Crippen LogP contribution is -2.48. The average molecular weight is 370 g/mol. The van der Waals surface area contributed by atoms with Crippen molar-refractivity contribution in [2.75, 3.05) is 12.3 Å². The van der Waals surface area contributed by atoms with Gasteiger partial charge in [0.05, 0.1) is 22.8 Å². The zero-order valence-corrected chi connectivity index (χ0v) is 14.5. The molecule has 2 aromatic carbocycles. The Morgan fingerprint density at radius 2 is 2.00 bits per heavy atom. The number of hydrogen-bond acceptors (Lipinski definition) is 6. The van der Waals surface area contributed by atoms with E-state index < -0.39 is 6.29 Å². The first-order chi connectivity index (χ1) is 12.6. The highest BCUT2D eigenvalue weighted by atomic mass is 35.5. The first-order valence-corrected chi connectivity index (χ1v) is 8.44. The predicted octanol–water partition coefficient (Wildman–Crippen LogP) is 2.22. The maximum atomic E-state index is 12.4. The molecule has 2 heterocycles. The lowest BCUT2D eigenvalue weighted by molar-refractivity contribution is -0.134. The monoisotopic (exact) mass is 369 g/mol. The van der Waals surface area contributed by atoms with Crippen LogP contribution >= 0.6 is 11.6 Å². The molecule has 2 aromatic rings. The van der Waals surface area contributed by atoms with Crippen LogP contribution < -0.4 is 15.9 Å². The van der Waals surface area contributed by atoms with Gasteiger partial charge >= 0.3 is 0 Å². The number of carbonyl (C=O) groups excluding carboxylic acids is 1. The van der Waals surface area contributed by atoms with E-state index in [-0.39, 0.29) is 18.9 Å². The van der Waals surface area contributed by atoms with Gasteiger partial charge in [-0.2, -0.15) is 0 Å². The lowest BCUT2D eigenvalue weighted by atomic mass is 10.2. The fourth-order valence-electron chi connectivity index (χ4n) is 2.75. The Hall–Kier alpha value is -3.06. The average Bonchev–Trinajstić information content (AvgIpc) is 3.08. The molecule has 2 aliphatic heterocycles. The summed E-state index contributed by atoms with van der Waals surface area (Å²) in [5.41, 5.74) is 10.8. The largest absolute Gasteiger partial charge is 0.485 e. The highest BCUT2D eigenvalue weighted by Gasteiger charge is 2.35. The van der Waals surface area contributed by atoms with E-state index in [4.69, 9.17) is 22.1 Å². The lowest BCUT2D eigenvalue weighted by Gasteiger charge is -2.26. The van der Waals surface area contributed by atoms with Gasteiger partial charge in [0.1, 0.15) is 12.4 Å². The first kappa shape index (κ1) is 16.4. The number of amides is 1. The molecule has 1 atom stereocenters. The molecule has 7 nitrogen and oxygen atoms in total. The number of nitrogens with zero attached hydrogens (tertiary/aromatic N) is 3. The number of nitrogens with two attached hydrogens (primary N) is 1. The van der Waals surface area contributed by atoms with Crippen LogP contribution in [0.15, 0.2) is 58.5 Å². The van der Waals surface area contributed by atoms with Crippen molar-refractivity contribution in [1.82, 2.24) is 10.4 Å². The summed E-state index contributed by atoms with van der Waals surface area (Å²) in [7, 11) is 0. The number of hydrogen-bond donors (Lipinski definition) is 2. The summed E-state index contributed by atoms with van der Waals surface area (Å²) in [4.78, 5) is 21.4. The molecule has 1 unspecified atom stereocenters. The van der Waals surface area contributed by atoms with Crippen LogP contribution in [0.5, 0.6) is 5.75 Å². The first-order valence-electron chi connectivity index (χ1n) is 8.06. The van der Waals surface area contributed by atoms with Gasteiger partial charge in [-0.25, -0.2) is 15.0 Å². The Morgan fingerprint density at radius 1 is 1.19 bits per heavy atom. The van der Waals surface area contributed by atoms with Crippen LogP contribution in [0.1, 0.15) is 12.0 Å². The van der Waals surface area contributed by atoms with Gasteiger partial charge in [-0.05, 0) is 12.1 Å². The molecule has 0 bridgehead atoms. The fraction of sp³-hybridized carbons (Fsp3) is 0.167. The van der Waals surface area contributed by atoms with E-state index in [0.29, 0.717) is 28.0 Å². The SMILES string of the molecule is Nc1c(Cl)cccc1OCC1=NC2N=C(c3ccccc3)NN2C(=O)C1. The maximum Gasteiger partial charge on any atom is 0.250 e. The Kier molecular flexibility index (Phi) is 4.22. The van der Waals surface area contributed by atoms with Gasteiger partial charge in [-0.1, -0.05) is 48.0 Å². The molecule has 0 radical (unpaired) electrons. The highest BCUT2D eigenvalue weighted by molar-refractivity contribution is 6.33. The van der Waals surface area contributed by atoms with Gasteiger partial charge in [-0.15, -0.1) is 0 Å². The molecule has 0 fully saturated rings. The summed E-state index contributed by atoms with van der Waals surface area (Å²) in [6.45, 7) is 0.150. The second-order valence-corrected chi connectivity index (χ2v) is 6.29. The summed E-state index contributed by atoms with van der Waals surface area (Å²) >= 11 is 5.98. The third kappa shape index (κ3) is 3.09. The van der Waals surface area contributed by atoms with Crippen LogP contribution in [-0.4, -0.2) is 35.4 Å². The van der Waals surface area contributed by atoms with Crippen LogP contribution in [0.4, 0.5) is 5.69 Å². The number of halogens is 1. The minimum atomic E-state index is -0.623. The number of hydrazine groups is 1. The minimum absolute atomic E-state index is 0.114. The highest BCUT2D eigenvalue weighted by Crippen LogP contribution is 2.29. The summed E-state index contributed by atoms with van der Waals surface area (Å²) in [6.07, 6.45) is -0.469. The topological polar surface area (TPSA) is 92.3 Å². The van der Waals surface area contributed by atoms with E-state index in [0.717, 1.165) is 5.56 Å². The maximum absolute atomic E-state index is 12.4. The molecule has 0 saturated heterocycles. The smallest absolute Gasteiger partial charge is 0.250 e. The third-order valence-electron chi connectivity index (χ3n) is 4.08. The van der Waals surface area contributed by atoms with Crippen LogP contribution in [0.25, 0.3) is 0 Å². The van der Waals surface area contributed by atoms with Crippen molar-refractivity contribution in [3.8, 4) is 5.75 Å². The molecule has 0 aliphatic carbocycles. The number of benzene rings is 2. The van der Waals surface area contributed by atoms with E-state index >= 15 is 0 Å². The van der Waals surface area contributed by atoms with Crippen molar-refractivity contribution in [2.24, 2.45) is 9.98 Å². The third-order valence-corrected chi connectivity index (χ3v) is 4.41. The van der Waals surface area contributed by atoms with E-state index in [9.17, 15) is 4.79 Å². The molecule has 0 saturated carbocycles. The van der Waals surface area contributed by atoms with Gasteiger partial charge in [0.15, 0.2) is 5.84 Å².